The quantitative estimate of drug-likeness (QED) is 0.586. The lowest BCUT2D eigenvalue weighted by Crippen LogP contribution is -2.38. The van der Waals surface area contributed by atoms with E-state index in [1.807, 2.05) is 0 Å². The lowest BCUT2D eigenvalue weighted by atomic mass is 9.96. The van der Waals surface area contributed by atoms with Crippen LogP contribution in [0.15, 0.2) is 30.3 Å². The van der Waals surface area contributed by atoms with Crippen LogP contribution in [0.2, 0.25) is 12.1 Å². The van der Waals surface area contributed by atoms with Gasteiger partial charge in [0.05, 0.1) is 8.80 Å². The fraction of sp³-hybridized carbons (Fsp3) is 0.562. The molecule has 18 heavy (non-hydrogen) atoms. The highest BCUT2D eigenvalue weighted by Gasteiger charge is 2.29. The number of hydrogen-bond donors (Lipinski definition) is 0. The molecular formula is C16H24OSi. The third-order valence-electron chi connectivity index (χ3n) is 4.19. The highest BCUT2D eigenvalue weighted by Crippen LogP contribution is 2.26. The van der Waals surface area contributed by atoms with Crippen molar-refractivity contribution >= 4 is 19.8 Å². The maximum absolute atomic E-state index is 12.0. The third-order valence-corrected chi connectivity index (χ3v) is 7.64. The van der Waals surface area contributed by atoms with Crippen LogP contribution in [0.3, 0.4) is 0 Å². The molecule has 2 unspecified atom stereocenters. The van der Waals surface area contributed by atoms with Gasteiger partial charge in [0.2, 0.25) is 0 Å². The predicted molar refractivity (Wildman–Crippen MR) is 80.1 cm³/mol. The number of carbonyl (C=O) groups excluding carboxylic acids is 1. The molecule has 1 saturated heterocycles. The number of ketones is 1. The smallest absolute Gasteiger partial charge is 0.135 e. The normalized spacial score (nSPS) is 24.2. The monoisotopic (exact) mass is 260 g/mol. The Balaban J connectivity index is 1.94. The summed E-state index contributed by atoms with van der Waals surface area (Å²) in [7, 11) is -0.853. The molecule has 0 radical (unpaired) electrons. The number of Topliss-reactive ketones (excluding diaryl/α,β-unsaturated/α-hetero) is 1. The first-order valence-corrected chi connectivity index (χ1v) is 9.60. The van der Waals surface area contributed by atoms with E-state index in [-0.39, 0.29) is 0 Å². The molecule has 2 heteroatoms. The number of unbranched alkanes of at least 4 members (excludes halogenated alkanes) is 2. The SMILES string of the molecule is CCCCCC1C[SiH](c2ccccc2)CCC1=O. The number of rotatable bonds is 5. The summed E-state index contributed by atoms with van der Waals surface area (Å²) in [6.07, 6.45) is 5.76. The standard InChI is InChI=1S/C16H24OSi/c1-2-3-5-8-14-13-18(12-11-16(14)17)15-9-6-4-7-10-15/h4,6-7,9-10,14,18H,2-3,5,8,11-13H2,1H3. The highest BCUT2D eigenvalue weighted by atomic mass is 28.3. The van der Waals surface area contributed by atoms with Gasteiger partial charge in [0.15, 0.2) is 0 Å². The van der Waals surface area contributed by atoms with Gasteiger partial charge in [0.1, 0.15) is 5.78 Å². The summed E-state index contributed by atoms with van der Waals surface area (Å²) < 4.78 is 0. The minimum atomic E-state index is -0.853. The van der Waals surface area contributed by atoms with E-state index in [9.17, 15) is 4.79 Å². The minimum absolute atomic E-state index is 0.391. The van der Waals surface area contributed by atoms with E-state index in [1.54, 1.807) is 5.19 Å². The van der Waals surface area contributed by atoms with Crippen LogP contribution in [-0.2, 0) is 4.79 Å². The van der Waals surface area contributed by atoms with Gasteiger partial charge in [-0.25, -0.2) is 0 Å². The fourth-order valence-corrected chi connectivity index (χ4v) is 6.49. The van der Waals surface area contributed by atoms with Gasteiger partial charge in [0.25, 0.3) is 0 Å². The number of hydrogen-bond acceptors (Lipinski definition) is 1. The fourth-order valence-electron chi connectivity index (χ4n) is 3.06. The molecule has 0 spiro atoms. The van der Waals surface area contributed by atoms with Crippen LogP contribution in [0.5, 0.6) is 0 Å². The highest BCUT2D eigenvalue weighted by molar-refractivity contribution is 6.74. The zero-order valence-corrected chi connectivity index (χ0v) is 12.6. The second-order valence-electron chi connectivity index (χ2n) is 5.54. The summed E-state index contributed by atoms with van der Waals surface area (Å²) in [6, 6.07) is 13.3. The Bertz CT molecular complexity index is 374. The first-order valence-electron chi connectivity index (χ1n) is 7.39. The maximum atomic E-state index is 12.0. The Morgan fingerprint density at radius 3 is 2.72 bits per heavy atom. The number of carbonyl (C=O) groups is 1. The van der Waals surface area contributed by atoms with Crippen LogP contribution in [-0.4, -0.2) is 14.6 Å². The summed E-state index contributed by atoms with van der Waals surface area (Å²) in [5.41, 5.74) is 0. The van der Waals surface area contributed by atoms with Crippen LogP contribution in [0, 0.1) is 5.92 Å². The average Bonchev–Trinajstić information content (AvgIpc) is 2.42. The van der Waals surface area contributed by atoms with E-state index < -0.39 is 8.80 Å². The van der Waals surface area contributed by atoms with Crippen molar-refractivity contribution in [2.45, 2.75) is 51.1 Å². The molecule has 0 amide bonds. The maximum Gasteiger partial charge on any atom is 0.135 e. The summed E-state index contributed by atoms with van der Waals surface area (Å²) in [4.78, 5) is 12.0. The van der Waals surface area contributed by atoms with Gasteiger partial charge in [-0.2, -0.15) is 0 Å². The lowest BCUT2D eigenvalue weighted by molar-refractivity contribution is -0.122. The van der Waals surface area contributed by atoms with Crippen molar-refractivity contribution < 1.29 is 4.79 Å². The minimum Gasteiger partial charge on any atom is -0.299 e. The van der Waals surface area contributed by atoms with Crippen LogP contribution >= 0.6 is 0 Å². The van der Waals surface area contributed by atoms with Crippen molar-refractivity contribution in [1.82, 2.24) is 0 Å². The van der Waals surface area contributed by atoms with Crippen molar-refractivity contribution in [1.29, 1.82) is 0 Å². The third kappa shape index (κ3) is 3.55. The lowest BCUT2D eigenvalue weighted by Gasteiger charge is -2.27. The van der Waals surface area contributed by atoms with E-state index in [2.05, 4.69) is 37.3 Å². The topological polar surface area (TPSA) is 17.1 Å². The van der Waals surface area contributed by atoms with Gasteiger partial charge in [-0.3, -0.25) is 4.79 Å². The van der Waals surface area contributed by atoms with Gasteiger partial charge in [-0.05, 0) is 18.5 Å². The van der Waals surface area contributed by atoms with Crippen LogP contribution in [0.25, 0.3) is 0 Å². The largest absolute Gasteiger partial charge is 0.299 e. The Morgan fingerprint density at radius 2 is 2.00 bits per heavy atom. The summed E-state index contributed by atoms with van der Waals surface area (Å²) in [5.74, 6) is 0.938. The second-order valence-corrected chi connectivity index (χ2v) is 8.65. The molecule has 1 aliphatic heterocycles. The van der Waals surface area contributed by atoms with Crippen LogP contribution in [0.4, 0.5) is 0 Å². The first kappa shape index (κ1) is 13.5. The van der Waals surface area contributed by atoms with Crippen molar-refractivity contribution in [2.24, 2.45) is 5.92 Å². The molecule has 2 rings (SSSR count). The summed E-state index contributed by atoms with van der Waals surface area (Å²) in [5, 5.41) is 1.56. The molecule has 1 aromatic carbocycles. The molecule has 0 bridgehead atoms. The Kier molecular flexibility index (Phi) is 5.18. The van der Waals surface area contributed by atoms with Crippen LogP contribution < -0.4 is 5.19 Å². The second kappa shape index (κ2) is 6.88. The molecule has 0 N–H and O–H groups in total. The van der Waals surface area contributed by atoms with Gasteiger partial charge < -0.3 is 0 Å². The predicted octanol–water partition coefficient (Wildman–Crippen LogP) is 3.29. The van der Waals surface area contributed by atoms with Gasteiger partial charge in [-0.15, -0.1) is 0 Å². The Hall–Kier alpha value is -0.893. The zero-order valence-electron chi connectivity index (χ0n) is 11.4. The molecule has 1 fully saturated rings. The van der Waals surface area contributed by atoms with Gasteiger partial charge in [0, 0.05) is 12.3 Å². The van der Waals surface area contributed by atoms with Crippen molar-refractivity contribution in [3.63, 3.8) is 0 Å². The molecule has 0 aromatic heterocycles. The Morgan fingerprint density at radius 1 is 1.22 bits per heavy atom. The first-order chi connectivity index (χ1) is 8.81. The molecule has 2 atom stereocenters. The van der Waals surface area contributed by atoms with E-state index >= 15 is 0 Å². The molecule has 1 aromatic rings. The van der Waals surface area contributed by atoms with Gasteiger partial charge >= 0.3 is 0 Å². The van der Waals surface area contributed by atoms with Crippen molar-refractivity contribution in [3.8, 4) is 0 Å². The molecule has 0 aliphatic carbocycles. The number of benzene rings is 1. The Labute approximate surface area is 112 Å². The van der Waals surface area contributed by atoms with E-state index in [4.69, 9.17) is 0 Å². The van der Waals surface area contributed by atoms with E-state index in [0.29, 0.717) is 11.7 Å². The molecule has 1 heterocycles. The summed E-state index contributed by atoms with van der Waals surface area (Å²) >= 11 is 0. The molecule has 1 aliphatic rings. The van der Waals surface area contributed by atoms with E-state index in [0.717, 1.165) is 12.8 Å². The summed E-state index contributed by atoms with van der Waals surface area (Å²) in [6.45, 7) is 2.23. The van der Waals surface area contributed by atoms with Gasteiger partial charge in [-0.1, -0.05) is 61.7 Å². The van der Waals surface area contributed by atoms with Crippen molar-refractivity contribution in [3.05, 3.63) is 30.3 Å². The van der Waals surface area contributed by atoms with E-state index in [1.165, 1.54) is 31.4 Å². The molecule has 0 saturated carbocycles. The van der Waals surface area contributed by atoms with Crippen LogP contribution in [0.1, 0.15) is 39.0 Å². The molecular weight excluding hydrogens is 236 g/mol. The average molecular weight is 260 g/mol. The molecule has 1 nitrogen and oxygen atoms in total. The van der Waals surface area contributed by atoms with Crippen molar-refractivity contribution in [2.75, 3.05) is 0 Å². The zero-order chi connectivity index (χ0) is 12.8. The molecule has 98 valence electrons.